The molecule has 2 aromatic carbocycles. The number of ether oxygens (including phenoxy) is 2. The number of hydrogen-bond acceptors (Lipinski definition) is 4. The van der Waals surface area contributed by atoms with Gasteiger partial charge in [0.05, 0.1) is 31.4 Å². The molecule has 1 aliphatic heterocycles. The van der Waals surface area contributed by atoms with Crippen molar-refractivity contribution in [1.29, 1.82) is 0 Å². The van der Waals surface area contributed by atoms with Crippen LogP contribution in [0.2, 0.25) is 5.02 Å². The molecule has 0 unspecified atom stereocenters. The average molecular weight is 488 g/mol. The molecule has 180 valence electrons. The largest absolute Gasteiger partial charge is 0.492 e. The van der Waals surface area contributed by atoms with Crippen LogP contribution in [0.5, 0.6) is 5.75 Å². The minimum absolute atomic E-state index is 0.0443. The summed E-state index contributed by atoms with van der Waals surface area (Å²) in [7, 11) is 6.71. The van der Waals surface area contributed by atoms with Crippen LogP contribution in [-0.4, -0.2) is 73.2 Å². The van der Waals surface area contributed by atoms with E-state index in [4.69, 9.17) is 21.1 Å². The zero-order valence-electron chi connectivity index (χ0n) is 19.6. The second-order valence-corrected chi connectivity index (χ2v) is 9.01. The summed E-state index contributed by atoms with van der Waals surface area (Å²) in [6.45, 7) is 1.13. The Kier molecular flexibility index (Phi) is 6.81. The maximum absolute atomic E-state index is 14.4. The highest BCUT2D eigenvalue weighted by Gasteiger charge is 2.30. The van der Waals surface area contributed by atoms with Gasteiger partial charge in [0, 0.05) is 55.9 Å². The molecule has 1 fully saturated rings. The Hall–Kier alpha value is -3.10. The van der Waals surface area contributed by atoms with Crippen molar-refractivity contribution in [2.24, 2.45) is 7.05 Å². The molecule has 1 aliphatic rings. The molecule has 0 aliphatic carbocycles. The number of nitrogens with zero attached hydrogens (tertiary/aromatic N) is 3. The van der Waals surface area contributed by atoms with Crippen LogP contribution in [0, 0.1) is 5.82 Å². The Morgan fingerprint density at radius 2 is 2.00 bits per heavy atom. The molecule has 1 saturated heterocycles. The number of carbonyl (C=O) groups is 2. The molecule has 0 radical (unpaired) electrons. The van der Waals surface area contributed by atoms with Gasteiger partial charge in [-0.2, -0.15) is 0 Å². The van der Waals surface area contributed by atoms with Crippen LogP contribution >= 0.6 is 11.6 Å². The minimum Gasteiger partial charge on any atom is -0.492 e. The third-order valence-corrected chi connectivity index (χ3v) is 6.40. The number of rotatable bonds is 5. The molecule has 0 saturated carbocycles. The molecular formula is C25H27ClFN3O4. The van der Waals surface area contributed by atoms with Crippen molar-refractivity contribution >= 4 is 34.3 Å². The third-order valence-electron chi connectivity index (χ3n) is 6.12. The fourth-order valence-corrected chi connectivity index (χ4v) is 4.70. The average Bonchev–Trinajstić information content (AvgIpc) is 3.12. The molecule has 1 aromatic heterocycles. The van der Waals surface area contributed by atoms with Crippen molar-refractivity contribution < 1.29 is 23.5 Å². The highest BCUT2D eigenvalue weighted by molar-refractivity contribution is 6.32. The van der Waals surface area contributed by atoms with Gasteiger partial charge in [-0.1, -0.05) is 11.6 Å². The van der Waals surface area contributed by atoms with E-state index < -0.39 is 5.82 Å². The van der Waals surface area contributed by atoms with Gasteiger partial charge in [-0.15, -0.1) is 0 Å². The summed E-state index contributed by atoms with van der Waals surface area (Å²) in [6.07, 6.45) is 2.53. The van der Waals surface area contributed by atoms with Crippen LogP contribution in [0.1, 0.15) is 26.3 Å². The van der Waals surface area contributed by atoms with Crippen molar-refractivity contribution in [3.05, 3.63) is 64.1 Å². The van der Waals surface area contributed by atoms with Crippen molar-refractivity contribution in [2.45, 2.75) is 12.5 Å². The lowest BCUT2D eigenvalue weighted by Crippen LogP contribution is -2.49. The number of aromatic nitrogens is 1. The van der Waals surface area contributed by atoms with Crippen LogP contribution in [0.3, 0.4) is 0 Å². The Morgan fingerprint density at radius 1 is 1.24 bits per heavy atom. The molecule has 2 heterocycles. The molecule has 3 aromatic rings. The van der Waals surface area contributed by atoms with Crippen molar-refractivity contribution in [1.82, 2.24) is 14.4 Å². The second kappa shape index (κ2) is 9.64. The molecule has 34 heavy (non-hydrogen) atoms. The van der Waals surface area contributed by atoms with Crippen LogP contribution < -0.4 is 4.74 Å². The smallest absolute Gasteiger partial charge is 0.254 e. The Balaban J connectivity index is 1.65. The van der Waals surface area contributed by atoms with Crippen LogP contribution in [0.4, 0.5) is 4.39 Å². The van der Waals surface area contributed by atoms with Crippen molar-refractivity contribution in [3.8, 4) is 5.75 Å². The number of carbonyl (C=O) groups excluding carboxylic acids is 2. The predicted molar refractivity (Wildman–Crippen MR) is 128 cm³/mol. The first-order chi connectivity index (χ1) is 16.2. The number of morpholine rings is 1. The highest BCUT2D eigenvalue weighted by atomic mass is 35.5. The number of benzene rings is 2. The van der Waals surface area contributed by atoms with Crippen molar-refractivity contribution in [2.75, 3.05) is 41.0 Å². The van der Waals surface area contributed by atoms with Crippen LogP contribution in [0.25, 0.3) is 10.9 Å². The van der Waals surface area contributed by atoms with E-state index in [1.165, 1.54) is 18.1 Å². The molecule has 1 atom stereocenters. The first kappa shape index (κ1) is 24.0. The quantitative estimate of drug-likeness (QED) is 0.549. The SMILES string of the molecule is COc1c(F)cc(C(=O)N2CCOC[C@@H]2Cc2cn(C)c3ccc(C(=O)N(C)C)cc23)cc1Cl. The standard InChI is InChI=1S/C25H27ClFN3O4/c1-28(2)24(31)15-5-6-22-19(10-15)17(13-29(22)3)9-18-14-34-8-7-30(18)25(32)16-11-20(26)23(33-4)21(27)12-16/h5-6,10-13,18H,7-9,14H2,1-4H3/t18-/m0/s1. The zero-order chi connectivity index (χ0) is 24.6. The van der Waals surface area contributed by atoms with E-state index in [2.05, 4.69) is 0 Å². The molecular weight excluding hydrogens is 461 g/mol. The Labute approximate surface area is 202 Å². The molecule has 9 heteroatoms. The van der Waals surface area contributed by atoms with Gasteiger partial charge in [-0.3, -0.25) is 9.59 Å². The first-order valence-corrected chi connectivity index (χ1v) is 11.3. The maximum Gasteiger partial charge on any atom is 0.254 e. The monoisotopic (exact) mass is 487 g/mol. The normalized spacial score (nSPS) is 16.1. The maximum atomic E-state index is 14.4. The number of hydrogen-bond donors (Lipinski definition) is 0. The second-order valence-electron chi connectivity index (χ2n) is 8.60. The van der Waals surface area contributed by atoms with Gasteiger partial charge in [0.15, 0.2) is 11.6 Å². The molecule has 0 spiro atoms. The van der Waals surface area contributed by atoms with Gasteiger partial charge in [0.2, 0.25) is 0 Å². The Morgan fingerprint density at radius 3 is 2.68 bits per heavy atom. The summed E-state index contributed by atoms with van der Waals surface area (Å²) in [5, 5.41) is 0.995. The van der Waals surface area contributed by atoms with E-state index in [9.17, 15) is 14.0 Å². The number of fused-ring (bicyclic) bond motifs is 1. The fraction of sp³-hybridized carbons (Fsp3) is 0.360. The van der Waals surface area contributed by atoms with Gasteiger partial charge in [0.1, 0.15) is 0 Å². The number of amides is 2. The van der Waals surface area contributed by atoms with Gasteiger partial charge in [-0.25, -0.2) is 4.39 Å². The molecule has 0 bridgehead atoms. The first-order valence-electron chi connectivity index (χ1n) is 10.9. The van der Waals surface area contributed by atoms with Gasteiger partial charge in [0.25, 0.3) is 11.8 Å². The zero-order valence-corrected chi connectivity index (χ0v) is 20.4. The Bertz CT molecular complexity index is 1230. The summed E-state index contributed by atoms with van der Waals surface area (Å²) in [4.78, 5) is 29.1. The van der Waals surface area contributed by atoms with E-state index in [0.29, 0.717) is 31.7 Å². The van der Waals surface area contributed by atoms with E-state index in [1.807, 2.05) is 36.0 Å². The van der Waals surface area contributed by atoms with Gasteiger partial charge >= 0.3 is 0 Å². The lowest BCUT2D eigenvalue weighted by molar-refractivity contribution is -0.00158. The summed E-state index contributed by atoms with van der Waals surface area (Å²) in [6, 6.07) is 7.95. The summed E-state index contributed by atoms with van der Waals surface area (Å²) in [5.41, 5.74) is 2.75. The lowest BCUT2D eigenvalue weighted by atomic mass is 10.0. The van der Waals surface area contributed by atoms with Crippen molar-refractivity contribution in [3.63, 3.8) is 0 Å². The van der Waals surface area contributed by atoms with E-state index in [-0.39, 0.29) is 34.2 Å². The van der Waals surface area contributed by atoms with Crippen LogP contribution in [0.15, 0.2) is 36.5 Å². The van der Waals surface area contributed by atoms with Gasteiger partial charge < -0.3 is 23.8 Å². The molecule has 2 amide bonds. The molecule has 7 nitrogen and oxygen atoms in total. The summed E-state index contributed by atoms with van der Waals surface area (Å²) < 4.78 is 27.0. The summed E-state index contributed by atoms with van der Waals surface area (Å²) >= 11 is 6.12. The topological polar surface area (TPSA) is 64.0 Å². The predicted octanol–water partition coefficient (Wildman–Crippen LogP) is 3.76. The number of methoxy groups -OCH3 is 1. The van der Waals surface area contributed by atoms with E-state index in [1.54, 1.807) is 19.0 Å². The fourth-order valence-electron chi connectivity index (χ4n) is 4.42. The molecule has 4 rings (SSSR count). The number of aryl methyl sites for hydroxylation is 1. The third kappa shape index (κ3) is 4.48. The van der Waals surface area contributed by atoms with E-state index >= 15 is 0 Å². The van der Waals surface area contributed by atoms with Crippen LogP contribution in [-0.2, 0) is 18.2 Å². The van der Waals surface area contributed by atoms with Gasteiger partial charge in [-0.05, 0) is 42.3 Å². The molecule has 0 N–H and O–H groups in total. The summed E-state index contributed by atoms with van der Waals surface area (Å²) in [5.74, 6) is -1.17. The lowest BCUT2D eigenvalue weighted by Gasteiger charge is -2.36. The highest BCUT2D eigenvalue weighted by Crippen LogP contribution is 2.31. The van der Waals surface area contributed by atoms with E-state index in [0.717, 1.165) is 22.5 Å². The minimum atomic E-state index is -0.685. The number of halogens is 2.